The van der Waals surface area contributed by atoms with Crippen molar-refractivity contribution in [2.75, 3.05) is 0 Å². The normalized spacial score (nSPS) is 11.4. The summed E-state index contributed by atoms with van der Waals surface area (Å²) < 4.78 is 0. The monoisotopic (exact) mass is 992 g/mol. The fourth-order valence-corrected chi connectivity index (χ4v) is 9.07. The van der Waals surface area contributed by atoms with E-state index < -0.39 is 0 Å². The van der Waals surface area contributed by atoms with Gasteiger partial charge in [0.2, 0.25) is 0 Å². The standard InChI is InChI=1S/C60H20N18/c61-19-37-7-1-31(13-43(37)25-67)49-50(32-2-8-38(20-62)44(14-32)26-68)74-56-55(73-49)57-59(77-52(34-4-10-40(22-64)46(16-34)28-70)51(75-57)33-3-9-39(21-63)45(15-33)27-69)60-58(56)76-53(35-5-11-41(23-65)47(17-35)29-71)54(78-60)36-6-12-42(24-66)48(18-36)30-72/h1-5,7-11,13-18H,6,12H2. The average Bonchev–Trinajstić information content (AvgIpc) is 3.65. The largest absolute Gasteiger partial charge is 0.242 e. The Balaban J connectivity index is 1.47. The molecule has 78 heavy (non-hydrogen) atoms. The number of hydrogen-bond acceptors (Lipinski definition) is 18. The van der Waals surface area contributed by atoms with Crippen molar-refractivity contribution < 1.29 is 0 Å². The molecule has 1 aliphatic carbocycles. The van der Waals surface area contributed by atoms with E-state index in [-0.39, 0.29) is 169 Å². The fraction of sp³-hybridized carbons (Fsp3) is 0.0333. The number of aromatic nitrogens is 6. The first kappa shape index (κ1) is 48.3. The van der Waals surface area contributed by atoms with Gasteiger partial charge in [-0.3, -0.25) is 0 Å². The van der Waals surface area contributed by atoms with Gasteiger partial charge in [-0.2, -0.15) is 63.1 Å². The topological polar surface area (TPSA) is 363 Å². The maximum atomic E-state index is 10.3. The third-order valence-corrected chi connectivity index (χ3v) is 12.9. The number of nitriles is 12. The van der Waals surface area contributed by atoms with Gasteiger partial charge in [0.25, 0.3) is 0 Å². The highest BCUT2D eigenvalue weighted by Crippen LogP contribution is 2.43. The van der Waals surface area contributed by atoms with Gasteiger partial charge in [0.15, 0.2) is 0 Å². The number of fused-ring (bicyclic) bond motifs is 6. The van der Waals surface area contributed by atoms with Crippen LogP contribution in [0.2, 0.25) is 0 Å². The number of allylic oxidation sites excluding steroid dienone is 4. The summed E-state index contributed by atoms with van der Waals surface area (Å²) in [5.41, 5.74) is 3.56. The van der Waals surface area contributed by atoms with Gasteiger partial charge in [-0.25, -0.2) is 29.9 Å². The molecule has 350 valence electrons. The quantitative estimate of drug-likeness (QED) is 0.140. The third-order valence-electron chi connectivity index (χ3n) is 12.9. The molecule has 3 heterocycles. The van der Waals surface area contributed by atoms with E-state index >= 15 is 0 Å². The van der Waals surface area contributed by atoms with E-state index in [9.17, 15) is 63.1 Å². The zero-order valence-electron chi connectivity index (χ0n) is 39.7. The second-order valence-electron chi connectivity index (χ2n) is 17.1. The van der Waals surface area contributed by atoms with Crippen molar-refractivity contribution in [2.45, 2.75) is 12.8 Å². The summed E-state index contributed by atoms with van der Waals surface area (Å²) in [5.74, 6) is 0. The molecule has 0 aliphatic heterocycles. The van der Waals surface area contributed by atoms with Gasteiger partial charge in [0.05, 0.1) is 101 Å². The van der Waals surface area contributed by atoms with Crippen LogP contribution in [0.15, 0.2) is 108 Å². The lowest BCUT2D eigenvalue weighted by atomic mass is 9.89. The van der Waals surface area contributed by atoms with Crippen LogP contribution < -0.4 is 0 Å². The lowest BCUT2D eigenvalue weighted by Gasteiger charge is -2.19. The summed E-state index contributed by atoms with van der Waals surface area (Å²) in [6, 6.07) is 46.8. The molecule has 18 nitrogen and oxygen atoms in total. The molecule has 0 atom stereocenters. The number of nitrogens with zero attached hydrogens (tertiary/aromatic N) is 18. The first-order valence-corrected chi connectivity index (χ1v) is 22.8. The molecule has 10 rings (SSSR count). The van der Waals surface area contributed by atoms with E-state index in [1.54, 1.807) is 30.3 Å². The van der Waals surface area contributed by atoms with Crippen molar-refractivity contribution in [3.05, 3.63) is 170 Å². The predicted octanol–water partition coefficient (Wildman–Crippen LogP) is 10.1. The van der Waals surface area contributed by atoms with E-state index in [2.05, 4.69) is 42.5 Å². The highest BCUT2D eigenvalue weighted by atomic mass is 14.9. The van der Waals surface area contributed by atoms with Gasteiger partial charge in [-0.05, 0) is 85.2 Å². The molecule has 0 spiro atoms. The molecule has 0 unspecified atom stereocenters. The molecular weight excluding hydrogens is 973 g/mol. The highest BCUT2D eigenvalue weighted by molar-refractivity contribution is 6.20. The Labute approximate surface area is 441 Å². The SMILES string of the molecule is N#CC1=C(C#N)CCC(c2nc3c(nc2-c2ccc(C#N)c(C#N)c2)c2nc(-c4ccc(C#N)c(C#N)c4)c(-c4ccc(C#N)c(C#N)c4)nc2c2nc(-c4ccc(C#N)c(C#N)c4)c(-c4ccc(C#N)c(C#N)c4)nc32)=C1. The zero-order chi connectivity index (χ0) is 54.8. The van der Waals surface area contributed by atoms with Crippen molar-refractivity contribution in [3.63, 3.8) is 0 Å². The van der Waals surface area contributed by atoms with Gasteiger partial charge in [0.1, 0.15) is 99.9 Å². The van der Waals surface area contributed by atoms with Gasteiger partial charge in [0, 0.05) is 33.4 Å². The molecule has 0 fully saturated rings. The Morgan fingerprint density at radius 2 is 0.500 bits per heavy atom. The van der Waals surface area contributed by atoms with E-state index in [0.717, 1.165) is 0 Å². The van der Waals surface area contributed by atoms with Gasteiger partial charge in [-0.1, -0.05) is 30.3 Å². The Hall–Kier alpha value is -13.3. The number of benzene rings is 6. The van der Waals surface area contributed by atoms with Crippen LogP contribution in [0.4, 0.5) is 0 Å². The van der Waals surface area contributed by atoms with Crippen molar-refractivity contribution in [1.82, 2.24) is 29.9 Å². The van der Waals surface area contributed by atoms with Crippen LogP contribution in [-0.4, -0.2) is 29.9 Å². The van der Waals surface area contributed by atoms with Crippen molar-refractivity contribution >= 4 is 38.7 Å². The van der Waals surface area contributed by atoms with E-state index in [1.807, 2.05) is 30.3 Å². The second kappa shape index (κ2) is 19.7. The summed E-state index contributed by atoms with van der Waals surface area (Å²) in [4.78, 5) is 31.7. The predicted molar refractivity (Wildman–Crippen MR) is 276 cm³/mol. The van der Waals surface area contributed by atoms with Crippen LogP contribution >= 0.6 is 0 Å². The Morgan fingerprint density at radius 1 is 0.256 bits per heavy atom. The summed E-state index contributed by atoms with van der Waals surface area (Å²) in [6.07, 6.45) is 1.87. The van der Waals surface area contributed by atoms with Crippen LogP contribution in [0, 0.1) is 136 Å². The molecule has 0 bridgehead atoms. The van der Waals surface area contributed by atoms with E-state index in [1.165, 1.54) is 66.7 Å². The van der Waals surface area contributed by atoms with Crippen LogP contribution in [-0.2, 0) is 0 Å². The summed E-state index contributed by atoms with van der Waals surface area (Å²) in [6.45, 7) is 0. The molecule has 0 saturated carbocycles. The minimum Gasteiger partial charge on any atom is -0.242 e. The summed E-state index contributed by atoms with van der Waals surface area (Å²) >= 11 is 0. The first-order valence-electron chi connectivity index (χ1n) is 22.8. The van der Waals surface area contributed by atoms with Crippen LogP contribution in [0.1, 0.15) is 74.2 Å². The Morgan fingerprint density at radius 3 is 0.731 bits per heavy atom. The van der Waals surface area contributed by atoms with E-state index in [4.69, 9.17) is 29.9 Å². The molecule has 18 heteroatoms. The van der Waals surface area contributed by atoms with Crippen LogP contribution in [0.25, 0.3) is 95.0 Å². The minimum absolute atomic E-state index is 0.000225. The molecule has 3 aromatic heterocycles. The molecule has 0 radical (unpaired) electrons. The minimum atomic E-state index is -0.000697. The Kier molecular flexibility index (Phi) is 12.2. The van der Waals surface area contributed by atoms with Gasteiger partial charge < -0.3 is 0 Å². The smallest absolute Gasteiger partial charge is 0.120 e. The van der Waals surface area contributed by atoms with E-state index in [0.29, 0.717) is 11.1 Å². The highest BCUT2D eigenvalue weighted by Gasteiger charge is 2.28. The van der Waals surface area contributed by atoms with Crippen molar-refractivity contribution in [3.8, 4) is 129 Å². The molecular formula is C60H20N18. The summed E-state index contributed by atoms with van der Waals surface area (Å²) in [7, 11) is 0. The average molecular weight is 993 g/mol. The zero-order valence-corrected chi connectivity index (χ0v) is 39.7. The third kappa shape index (κ3) is 8.00. The molecule has 0 N–H and O–H groups in total. The van der Waals surface area contributed by atoms with Crippen molar-refractivity contribution in [2.24, 2.45) is 0 Å². The van der Waals surface area contributed by atoms with Gasteiger partial charge in [-0.15, -0.1) is 0 Å². The lowest BCUT2D eigenvalue weighted by molar-refractivity contribution is 0.989. The first-order chi connectivity index (χ1) is 38.1. The molecule has 0 amide bonds. The summed E-state index contributed by atoms with van der Waals surface area (Å²) in [5, 5.41) is 121. The number of hydrogen-bond donors (Lipinski definition) is 0. The molecule has 1 aliphatic rings. The fourth-order valence-electron chi connectivity index (χ4n) is 9.07. The molecule has 9 aromatic rings. The number of rotatable bonds is 6. The van der Waals surface area contributed by atoms with Crippen LogP contribution in [0.5, 0.6) is 0 Å². The van der Waals surface area contributed by atoms with Crippen LogP contribution in [0.3, 0.4) is 0 Å². The Bertz CT molecular complexity index is 4790. The maximum Gasteiger partial charge on any atom is 0.120 e. The van der Waals surface area contributed by atoms with Crippen molar-refractivity contribution in [1.29, 1.82) is 63.1 Å². The molecule has 0 saturated heterocycles. The second-order valence-corrected chi connectivity index (χ2v) is 17.1. The lowest BCUT2D eigenvalue weighted by Crippen LogP contribution is -2.07. The van der Waals surface area contributed by atoms with Gasteiger partial charge >= 0.3 is 0 Å². The molecule has 6 aromatic carbocycles. The maximum absolute atomic E-state index is 10.3.